The van der Waals surface area contributed by atoms with Gasteiger partial charge in [0, 0.05) is 11.4 Å². The zero-order valence-electron chi connectivity index (χ0n) is 20.1. The van der Waals surface area contributed by atoms with Gasteiger partial charge < -0.3 is 5.32 Å². The molecular weight excluding hydrogens is 574 g/mol. The van der Waals surface area contributed by atoms with Crippen LogP contribution in [0.5, 0.6) is 0 Å². The molecule has 0 aromatic heterocycles. The van der Waals surface area contributed by atoms with Crippen molar-refractivity contribution in [1.29, 1.82) is 0 Å². The largest absolute Gasteiger partial charge is 0.416 e. The number of benzene rings is 4. The molecule has 0 heterocycles. The van der Waals surface area contributed by atoms with Crippen molar-refractivity contribution >= 4 is 43.0 Å². The zero-order valence-corrected chi connectivity index (χ0v) is 21.7. The monoisotopic (exact) mass is 593 g/mol. The van der Waals surface area contributed by atoms with Crippen LogP contribution in [0.4, 0.5) is 34.6 Å². The average Bonchev–Trinajstić information content (AvgIpc) is 2.88. The molecule has 0 fully saturated rings. The third-order valence-electron chi connectivity index (χ3n) is 5.38. The second-order valence-electron chi connectivity index (χ2n) is 8.27. The van der Waals surface area contributed by atoms with Crippen molar-refractivity contribution in [3.63, 3.8) is 0 Å². The Morgan fingerprint density at radius 2 is 1.27 bits per heavy atom. The lowest BCUT2D eigenvalue weighted by Gasteiger charge is -2.14. The van der Waals surface area contributed by atoms with Crippen LogP contribution in [0.2, 0.25) is 0 Å². The van der Waals surface area contributed by atoms with E-state index in [0.29, 0.717) is 6.07 Å². The molecule has 0 saturated carbocycles. The number of halogens is 4. The third kappa shape index (κ3) is 6.76. The predicted molar refractivity (Wildman–Crippen MR) is 140 cm³/mol. The van der Waals surface area contributed by atoms with Gasteiger partial charge >= 0.3 is 6.18 Å². The quantitative estimate of drug-likeness (QED) is 0.227. The van der Waals surface area contributed by atoms with Gasteiger partial charge in [-0.1, -0.05) is 24.3 Å². The predicted octanol–water partition coefficient (Wildman–Crippen LogP) is 5.70. The van der Waals surface area contributed by atoms with E-state index in [2.05, 4.69) is 14.8 Å². The third-order valence-corrected chi connectivity index (χ3v) is 8.14. The number of carbonyl (C=O) groups is 1. The van der Waals surface area contributed by atoms with Crippen molar-refractivity contribution in [2.24, 2.45) is 0 Å². The molecule has 208 valence electrons. The molecule has 4 rings (SSSR count). The van der Waals surface area contributed by atoms with E-state index in [1.54, 1.807) is 0 Å². The molecule has 0 radical (unpaired) electrons. The molecule has 14 heteroatoms. The number of anilines is 3. The van der Waals surface area contributed by atoms with Crippen LogP contribution in [-0.2, 0) is 26.2 Å². The molecule has 8 nitrogen and oxygen atoms in total. The Kier molecular flexibility index (Phi) is 7.84. The summed E-state index contributed by atoms with van der Waals surface area (Å²) in [6, 6.07) is 18.2. The number of para-hydroxylation sites is 1. The van der Waals surface area contributed by atoms with Gasteiger partial charge in [-0.25, -0.2) is 21.2 Å². The summed E-state index contributed by atoms with van der Waals surface area (Å²) in [4.78, 5) is 12.4. The van der Waals surface area contributed by atoms with Crippen LogP contribution in [0.1, 0.15) is 15.9 Å². The van der Waals surface area contributed by atoms with Crippen LogP contribution in [0, 0.1) is 5.82 Å². The second-order valence-corrected chi connectivity index (χ2v) is 11.6. The molecule has 3 N–H and O–H groups in total. The summed E-state index contributed by atoms with van der Waals surface area (Å²) in [5, 5.41) is 2.47. The fraction of sp³-hybridized carbons (Fsp3) is 0.0385. The second kappa shape index (κ2) is 11.0. The molecule has 0 spiro atoms. The lowest BCUT2D eigenvalue weighted by molar-refractivity contribution is -0.137. The van der Waals surface area contributed by atoms with E-state index in [9.17, 15) is 39.2 Å². The Labute approximate surface area is 226 Å². The smallest absolute Gasteiger partial charge is 0.322 e. The highest BCUT2D eigenvalue weighted by Crippen LogP contribution is 2.31. The maximum absolute atomic E-state index is 13.2. The number of nitrogens with one attached hydrogen (secondary N) is 3. The SMILES string of the molecule is O=C(Nc1cccc(S(=O)(=O)Nc2cccc(C(F)(F)F)c2)c1)c1ccccc1NS(=O)(=O)c1ccc(F)cc1. The molecule has 4 aromatic carbocycles. The Hall–Kier alpha value is -4.43. The summed E-state index contributed by atoms with van der Waals surface area (Å²) in [6.07, 6.45) is -4.67. The van der Waals surface area contributed by atoms with Crippen molar-refractivity contribution < 1.29 is 39.2 Å². The number of rotatable bonds is 8. The van der Waals surface area contributed by atoms with Gasteiger partial charge in [-0.05, 0) is 72.8 Å². The summed E-state index contributed by atoms with van der Waals surface area (Å²) < 4.78 is 108. The normalized spacial score (nSPS) is 12.0. The van der Waals surface area contributed by atoms with Gasteiger partial charge in [-0.15, -0.1) is 0 Å². The van der Waals surface area contributed by atoms with Crippen LogP contribution >= 0.6 is 0 Å². The molecule has 0 aliphatic carbocycles. The van der Waals surface area contributed by atoms with Crippen molar-refractivity contribution in [2.45, 2.75) is 16.0 Å². The van der Waals surface area contributed by atoms with Crippen molar-refractivity contribution in [3.05, 3.63) is 114 Å². The molecular formula is C26H19F4N3O5S2. The van der Waals surface area contributed by atoms with Gasteiger partial charge in [0.15, 0.2) is 0 Å². The number of hydrogen-bond donors (Lipinski definition) is 3. The summed E-state index contributed by atoms with van der Waals surface area (Å²) in [5.74, 6) is -1.43. The van der Waals surface area contributed by atoms with E-state index >= 15 is 0 Å². The number of carbonyl (C=O) groups excluding carboxylic acids is 1. The van der Waals surface area contributed by atoms with E-state index in [1.807, 2.05) is 0 Å². The highest BCUT2D eigenvalue weighted by atomic mass is 32.2. The van der Waals surface area contributed by atoms with Gasteiger partial charge in [-0.2, -0.15) is 13.2 Å². The lowest BCUT2D eigenvalue weighted by Crippen LogP contribution is -2.19. The van der Waals surface area contributed by atoms with Gasteiger partial charge in [0.05, 0.1) is 26.6 Å². The first kappa shape index (κ1) is 28.6. The molecule has 0 saturated heterocycles. The first-order valence-electron chi connectivity index (χ1n) is 11.2. The van der Waals surface area contributed by atoms with E-state index in [1.165, 1.54) is 42.5 Å². The summed E-state index contributed by atoms with van der Waals surface area (Å²) in [5.41, 5.74) is -1.55. The topological polar surface area (TPSA) is 121 Å². The minimum atomic E-state index is -4.67. The fourth-order valence-electron chi connectivity index (χ4n) is 3.50. The Morgan fingerprint density at radius 1 is 0.650 bits per heavy atom. The summed E-state index contributed by atoms with van der Waals surface area (Å²) in [7, 11) is -8.53. The van der Waals surface area contributed by atoms with E-state index in [0.717, 1.165) is 48.5 Å². The Balaban J connectivity index is 1.54. The first-order chi connectivity index (χ1) is 18.7. The fourth-order valence-corrected chi connectivity index (χ4v) is 5.67. The summed E-state index contributed by atoms with van der Waals surface area (Å²) in [6.45, 7) is 0. The molecule has 1 amide bonds. The molecule has 0 bridgehead atoms. The van der Waals surface area contributed by atoms with Gasteiger partial charge in [0.1, 0.15) is 5.82 Å². The van der Waals surface area contributed by atoms with Crippen molar-refractivity contribution in [1.82, 2.24) is 0 Å². The van der Waals surface area contributed by atoms with E-state index < -0.39 is 43.5 Å². The molecule has 40 heavy (non-hydrogen) atoms. The minimum Gasteiger partial charge on any atom is -0.322 e. The Bertz CT molecular complexity index is 1780. The van der Waals surface area contributed by atoms with Gasteiger partial charge in [0.25, 0.3) is 26.0 Å². The van der Waals surface area contributed by atoms with Crippen molar-refractivity contribution in [3.8, 4) is 0 Å². The maximum atomic E-state index is 13.2. The van der Waals surface area contributed by atoms with E-state index in [4.69, 9.17) is 0 Å². The minimum absolute atomic E-state index is 0.00751. The standard InChI is InChI=1S/C26H19F4N3O5S2/c27-18-11-13-21(14-12-18)39(35,36)33-24-10-2-1-9-23(24)25(34)31-19-6-4-8-22(16-19)40(37,38)32-20-7-3-5-17(15-20)26(28,29)30/h1-16,32-33H,(H,31,34). The molecule has 4 aromatic rings. The highest BCUT2D eigenvalue weighted by molar-refractivity contribution is 7.93. The molecule has 0 aliphatic heterocycles. The number of sulfonamides is 2. The van der Waals surface area contributed by atoms with Crippen LogP contribution in [0.25, 0.3) is 0 Å². The number of alkyl halides is 3. The zero-order chi connectivity index (χ0) is 29.1. The maximum Gasteiger partial charge on any atom is 0.416 e. The highest BCUT2D eigenvalue weighted by Gasteiger charge is 2.31. The number of amides is 1. The first-order valence-corrected chi connectivity index (χ1v) is 14.2. The van der Waals surface area contributed by atoms with Crippen LogP contribution in [0.15, 0.2) is 107 Å². The Morgan fingerprint density at radius 3 is 1.98 bits per heavy atom. The molecule has 0 unspecified atom stereocenters. The van der Waals surface area contributed by atoms with Gasteiger partial charge in [0.2, 0.25) is 0 Å². The van der Waals surface area contributed by atoms with Crippen LogP contribution < -0.4 is 14.8 Å². The molecule has 0 atom stereocenters. The van der Waals surface area contributed by atoms with Crippen LogP contribution in [-0.4, -0.2) is 22.7 Å². The summed E-state index contributed by atoms with van der Waals surface area (Å²) >= 11 is 0. The van der Waals surface area contributed by atoms with Crippen LogP contribution in [0.3, 0.4) is 0 Å². The number of hydrogen-bond acceptors (Lipinski definition) is 5. The van der Waals surface area contributed by atoms with Gasteiger partial charge in [-0.3, -0.25) is 14.2 Å². The molecule has 0 aliphatic rings. The average molecular weight is 594 g/mol. The van der Waals surface area contributed by atoms with E-state index in [-0.39, 0.29) is 32.4 Å². The van der Waals surface area contributed by atoms with Crippen molar-refractivity contribution in [2.75, 3.05) is 14.8 Å². The lowest BCUT2D eigenvalue weighted by atomic mass is 10.1.